The number of carbonyl (C=O) groups is 3. The summed E-state index contributed by atoms with van der Waals surface area (Å²) in [4.78, 5) is 36.1. The molecule has 682 valence electrons. The molecule has 26 nitrogen and oxygen atoms in total. The largest absolute Gasteiger partial charge is 0.381 e. The van der Waals surface area contributed by atoms with E-state index < -0.39 is 15.9 Å². The maximum atomic E-state index is 13.9. The number of hydrogen-bond acceptors (Lipinski definition) is 13. The molecule has 1 atom stereocenters. The van der Waals surface area contributed by atoms with E-state index >= 15 is 0 Å². The van der Waals surface area contributed by atoms with E-state index in [2.05, 4.69) is 118 Å². The number of fused-ring (bicyclic) bond motifs is 8. The predicted molar refractivity (Wildman–Crippen MR) is 501 cm³/mol. The molecule has 10 N–H and O–H groups in total. The lowest BCUT2D eigenvalue weighted by molar-refractivity contribution is -0.118. The molecule has 8 aromatic heterocycles. The van der Waals surface area contributed by atoms with Gasteiger partial charge in [0.15, 0.2) is 0 Å². The number of hydrogen-bond donors (Lipinski definition) is 8. The molecule has 8 aromatic carbocycles. The Morgan fingerprint density at radius 1 is 0.427 bits per heavy atom. The third kappa shape index (κ3) is 19.3. The van der Waals surface area contributed by atoms with E-state index in [1.54, 1.807) is 37.1 Å². The number of aryl methyl sites for hydroxylation is 3. The van der Waals surface area contributed by atoms with E-state index in [1.165, 1.54) is 93.1 Å². The molecule has 13 heterocycles. The van der Waals surface area contributed by atoms with Crippen LogP contribution in [0.1, 0.15) is 160 Å². The monoisotopic (exact) mass is 1800 g/mol. The fourth-order valence-electron chi connectivity index (χ4n) is 20.4. The van der Waals surface area contributed by atoms with E-state index in [-0.39, 0.29) is 52.6 Å². The number of nitrogens with zero attached hydrogens (tertiary/aromatic N) is 9. The molecule has 5 aliphatic heterocycles. The normalized spacial score (nSPS) is 16.4. The van der Waals surface area contributed by atoms with Crippen molar-refractivity contribution < 1.29 is 59.3 Å². The van der Waals surface area contributed by atoms with Crippen molar-refractivity contribution >= 4 is 115 Å². The number of urea groups is 2. The van der Waals surface area contributed by atoms with Crippen molar-refractivity contribution in [1.82, 2.24) is 74.6 Å². The zero-order valence-electron chi connectivity index (χ0n) is 73.5. The van der Waals surface area contributed by atoms with E-state index in [4.69, 9.17) is 30.4 Å². The number of nitrogens with two attached hydrogens (primary N) is 2. The van der Waals surface area contributed by atoms with Gasteiger partial charge in [-0.2, -0.15) is 20.4 Å². The summed E-state index contributed by atoms with van der Waals surface area (Å²) in [7, 11) is -3.13. The molecule has 5 amide bonds. The van der Waals surface area contributed by atoms with Crippen LogP contribution >= 0.6 is 0 Å². The number of H-pyrrole nitrogens is 4. The third-order valence-corrected chi connectivity index (χ3v) is 28.5. The molecular weight excluding hydrogens is 1690 g/mol. The van der Waals surface area contributed by atoms with Gasteiger partial charge >= 0.3 is 12.1 Å². The highest BCUT2D eigenvalue weighted by molar-refractivity contribution is 7.91. The Morgan fingerprint density at radius 2 is 0.733 bits per heavy atom. The van der Waals surface area contributed by atoms with Gasteiger partial charge in [0.25, 0.3) is 0 Å². The Labute approximate surface area is 754 Å². The number of amides is 5. The summed E-state index contributed by atoms with van der Waals surface area (Å²) in [5.41, 5.74) is 32.5. The number of carbonyl (C=O) groups excluding carboxylic acids is 3. The Balaban J connectivity index is 0.000000117. The van der Waals surface area contributed by atoms with Gasteiger partial charge in [-0.05, 0) is 276 Å². The maximum Gasteiger partial charge on any atom is 0.314 e. The number of halogens is 4. The van der Waals surface area contributed by atoms with Gasteiger partial charge < -0.3 is 64.2 Å². The average molecular weight is 1800 g/mol. The number of ether oxygens (including phenoxy) is 4. The van der Waals surface area contributed by atoms with Gasteiger partial charge in [-0.3, -0.25) is 25.2 Å². The first kappa shape index (κ1) is 88.9. The minimum atomic E-state index is -3.13. The second-order valence-corrected chi connectivity index (χ2v) is 37.5. The number of nitrogens with one attached hydrogen (secondary N) is 6. The molecule has 31 heteroatoms. The van der Waals surface area contributed by atoms with E-state index in [9.17, 15) is 40.4 Å². The number of aromatic amines is 4. The van der Waals surface area contributed by atoms with Crippen molar-refractivity contribution in [2.24, 2.45) is 17.4 Å². The quantitative estimate of drug-likeness (QED) is 0.0231. The highest BCUT2D eigenvalue weighted by Gasteiger charge is 2.35. The molecule has 16 aromatic rings. The molecule has 21 rings (SSSR count). The number of rotatable bonds is 22. The minimum absolute atomic E-state index is 0.0115. The topological polar surface area (TPSA) is 336 Å². The second kappa shape index (κ2) is 39.6. The van der Waals surface area contributed by atoms with E-state index in [0.29, 0.717) is 62.9 Å². The molecule has 0 saturated carbocycles. The number of likely N-dealkylation sites (tertiary alicyclic amines) is 1. The van der Waals surface area contributed by atoms with Gasteiger partial charge in [-0.25, -0.2) is 35.6 Å². The van der Waals surface area contributed by atoms with Crippen LogP contribution in [0.15, 0.2) is 170 Å². The maximum absolute atomic E-state index is 13.9. The van der Waals surface area contributed by atoms with Gasteiger partial charge in [0, 0.05) is 204 Å². The molecule has 5 aliphatic rings. The van der Waals surface area contributed by atoms with Crippen molar-refractivity contribution in [2.75, 3.05) is 90.5 Å². The number of sulfone groups is 1. The minimum Gasteiger partial charge on any atom is -0.381 e. The Kier molecular flexibility index (Phi) is 26.9. The molecule has 1 unspecified atom stereocenters. The first-order chi connectivity index (χ1) is 63.8. The molecule has 0 aliphatic carbocycles. The Bertz CT molecular complexity index is 6690. The number of benzene rings is 8. The van der Waals surface area contributed by atoms with Gasteiger partial charge in [0.05, 0.1) is 74.7 Å². The lowest BCUT2D eigenvalue weighted by Crippen LogP contribution is -2.43. The SMILES string of the molecule is CC(=O)NCCCc1c(C2CCOCC2)n(-c2ccc(F)cc2)c2cc3cn[nH]c3cc12.CCS(=O)(=O)CCc1c(C2CCOCC2)n(-c2ccc(F)cc2)c2cc3cn[nH]c3cc12.NC(=O)N1CCCC(Cc2c(C3CCOCC3)n(-c3ccc(F)cc3)c3cc4cn[nH]c4cc23)C1.NC(=O)NCCCc1c(C2CCOCC2)n(-c2ccc(F)cc2)c2cc3cn[nH]c3cc12. The highest BCUT2D eigenvalue weighted by atomic mass is 32.2. The van der Waals surface area contributed by atoms with Crippen LogP contribution in [0.4, 0.5) is 27.2 Å². The lowest BCUT2D eigenvalue weighted by atomic mass is 9.86. The van der Waals surface area contributed by atoms with Crippen LogP contribution in [0, 0.1) is 29.2 Å². The van der Waals surface area contributed by atoms with Crippen LogP contribution in [0.5, 0.6) is 0 Å². The summed E-state index contributed by atoms with van der Waals surface area (Å²) < 4.78 is 112. The summed E-state index contributed by atoms with van der Waals surface area (Å²) in [5.74, 6) is 0.768. The summed E-state index contributed by atoms with van der Waals surface area (Å²) in [6.07, 6.45) is 21.3. The predicted octanol–water partition coefficient (Wildman–Crippen LogP) is 18.1. The van der Waals surface area contributed by atoms with Crippen LogP contribution in [-0.4, -0.2) is 181 Å². The third-order valence-electron chi connectivity index (χ3n) is 26.8. The van der Waals surface area contributed by atoms with Crippen molar-refractivity contribution in [3.05, 3.63) is 239 Å². The molecule has 5 fully saturated rings. The number of aromatic nitrogens is 12. The molecule has 5 saturated heterocycles. The first-order valence-electron chi connectivity index (χ1n) is 45.7. The fourth-order valence-corrected chi connectivity index (χ4v) is 21.2. The van der Waals surface area contributed by atoms with Gasteiger partial charge in [0.1, 0.15) is 33.1 Å². The molecule has 0 spiro atoms. The number of piperidine rings is 1. The Morgan fingerprint density at radius 3 is 1.04 bits per heavy atom. The highest BCUT2D eigenvalue weighted by Crippen LogP contribution is 2.47. The average Bonchev–Trinajstić information content (AvgIpc) is 1.59. The van der Waals surface area contributed by atoms with E-state index in [1.807, 2.05) is 55.0 Å². The van der Waals surface area contributed by atoms with Crippen LogP contribution in [0.2, 0.25) is 0 Å². The van der Waals surface area contributed by atoms with Crippen molar-refractivity contribution in [2.45, 2.75) is 140 Å². The van der Waals surface area contributed by atoms with Gasteiger partial charge in [-0.1, -0.05) is 6.92 Å². The summed E-state index contributed by atoms with van der Waals surface area (Å²) >= 11 is 0. The van der Waals surface area contributed by atoms with Crippen molar-refractivity contribution in [3.63, 3.8) is 0 Å². The molecule has 0 bridgehead atoms. The molecule has 131 heavy (non-hydrogen) atoms. The standard InChI is InChI=1S/C27H30FN5O2.C25H27FN4O2.C24H26FN5O2.C24H26FN3O3S/c28-20-3-5-21(6-4-20)33-25-13-19-15-30-31-24(19)14-22(25)23(26(33)18-7-10-35-11-8-18)12-17-2-1-9-32(16-17)27(29)34;1-16(31)27-10-2-3-21-22-14-23-18(15-28-29-23)13-24(22)30(20-6-4-19(26)5-7-20)25(21)17-8-11-32-12-9-17;25-17-3-5-18(6-4-17)30-22-12-16-14-28-29-21(16)13-20(22)19(2-1-9-27-24(26)31)23(30)15-7-10-32-11-8-15;1-2-32(29,30)12-9-20-21-14-22-17(15-26-27-22)13-23(21)28(19-5-3-18(25)4-6-19)24(20)16-7-10-31-11-8-16/h3-6,13-15,17-18H,1-2,7-12,16H2,(H2,29,34)(H,30,31);4-7,13-15,17H,2-3,8-12H2,1H3,(H,27,31)(H,28,29);3-6,12-15H,1-2,7-11H2,(H,28,29)(H3,26,27,31);3-6,13-16H,2,7-12H2,1H3,(H,26,27). The molecule has 0 radical (unpaired) electrons. The summed E-state index contributed by atoms with van der Waals surface area (Å²) in [6.45, 7) is 11.5. The van der Waals surface area contributed by atoms with Crippen LogP contribution in [0.25, 0.3) is 110 Å². The van der Waals surface area contributed by atoms with E-state index in [0.717, 1.165) is 253 Å². The first-order valence-corrected chi connectivity index (χ1v) is 47.5. The van der Waals surface area contributed by atoms with Crippen LogP contribution < -0.4 is 22.1 Å². The van der Waals surface area contributed by atoms with Gasteiger partial charge in [0.2, 0.25) is 5.91 Å². The summed E-state index contributed by atoms with van der Waals surface area (Å²) in [5, 5.41) is 43.3. The fraction of sp³-hybridized carbons (Fsp3) is 0.370. The van der Waals surface area contributed by atoms with Crippen LogP contribution in [0.3, 0.4) is 0 Å². The van der Waals surface area contributed by atoms with Crippen molar-refractivity contribution in [3.8, 4) is 22.7 Å². The van der Waals surface area contributed by atoms with Crippen molar-refractivity contribution in [1.29, 1.82) is 0 Å². The lowest BCUT2D eigenvalue weighted by Gasteiger charge is -2.32. The second-order valence-electron chi connectivity index (χ2n) is 35.0. The Hall–Kier alpha value is -12.7. The molecular formula is C100H109F4N17O9S. The van der Waals surface area contributed by atoms with Crippen LogP contribution in [-0.2, 0) is 59.3 Å². The zero-order valence-corrected chi connectivity index (χ0v) is 74.4. The zero-order chi connectivity index (χ0) is 90.4. The summed E-state index contributed by atoms with van der Waals surface area (Å²) in [6, 6.07) is 42.9. The number of primary amides is 2. The smallest absolute Gasteiger partial charge is 0.314 e. The van der Waals surface area contributed by atoms with Gasteiger partial charge in [-0.15, -0.1) is 0 Å².